The number of benzene rings is 1. The van der Waals surface area contributed by atoms with E-state index in [9.17, 15) is 4.79 Å². The molecule has 0 bridgehead atoms. The first kappa shape index (κ1) is 15.9. The lowest BCUT2D eigenvalue weighted by Gasteiger charge is -2.20. The summed E-state index contributed by atoms with van der Waals surface area (Å²) in [6.07, 6.45) is 2.83. The van der Waals surface area contributed by atoms with Crippen LogP contribution in [0.5, 0.6) is 0 Å². The summed E-state index contributed by atoms with van der Waals surface area (Å²) in [7, 11) is 0. The summed E-state index contributed by atoms with van der Waals surface area (Å²) in [4.78, 5) is 11.8. The van der Waals surface area contributed by atoms with E-state index in [1.54, 1.807) is 0 Å². The smallest absolute Gasteiger partial charge is 0.221 e. The van der Waals surface area contributed by atoms with Crippen molar-refractivity contribution in [1.82, 2.24) is 5.32 Å². The van der Waals surface area contributed by atoms with Gasteiger partial charge in [0.1, 0.15) is 0 Å². The molecule has 0 aromatic heterocycles. The Labute approximate surface area is 128 Å². The van der Waals surface area contributed by atoms with Crippen molar-refractivity contribution in [2.45, 2.75) is 64.8 Å². The van der Waals surface area contributed by atoms with E-state index in [4.69, 9.17) is 0 Å². The normalized spacial score (nSPS) is 14.6. The van der Waals surface area contributed by atoms with Gasteiger partial charge in [-0.3, -0.25) is 4.79 Å². The van der Waals surface area contributed by atoms with Crippen molar-refractivity contribution in [3.8, 4) is 0 Å². The van der Waals surface area contributed by atoms with Gasteiger partial charge in [-0.2, -0.15) is 0 Å². The maximum atomic E-state index is 11.8. The van der Waals surface area contributed by atoms with E-state index in [1.807, 2.05) is 0 Å². The molecule has 0 saturated heterocycles. The number of carbonyl (C=O) groups excluding carboxylic acids is 1. The van der Waals surface area contributed by atoms with Gasteiger partial charge in [0.05, 0.1) is 0 Å². The molecule has 0 unspecified atom stereocenters. The predicted molar refractivity (Wildman–Crippen MR) is 88.9 cm³/mol. The Morgan fingerprint density at radius 3 is 2.19 bits per heavy atom. The van der Waals surface area contributed by atoms with Crippen LogP contribution in [0.2, 0.25) is 0 Å². The minimum atomic E-state index is 0.165. The van der Waals surface area contributed by atoms with E-state index in [-0.39, 0.29) is 5.91 Å². The second-order valence-corrected chi connectivity index (χ2v) is 6.64. The van der Waals surface area contributed by atoms with Gasteiger partial charge in [0.2, 0.25) is 5.91 Å². The second kappa shape index (κ2) is 6.97. The van der Waals surface area contributed by atoms with Crippen LogP contribution in [0.15, 0.2) is 18.2 Å². The highest BCUT2D eigenvalue weighted by Crippen LogP contribution is 2.32. The van der Waals surface area contributed by atoms with Gasteiger partial charge in [0.15, 0.2) is 0 Å². The van der Waals surface area contributed by atoms with Crippen LogP contribution in [0.3, 0.4) is 0 Å². The molecule has 116 valence electrons. The molecular formula is C18H28N2O. The quantitative estimate of drug-likeness (QED) is 0.796. The summed E-state index contributed by atoms with van der Waals surface area (Å²) in [5.74, 6) is 1.12. The van der Waals surface area contributed by atoms with Crippen LogP contribution in [0.25, 0.3) is 0 Å². The minimum Gasteiger partial charge on any atom is -0.384 e. The standard InChI is InChI=1S/C18H28N2O/c1-12(2)15-6-5-7-16(13(3)4)18(15)19-11-10-17(21)20-14-8-9-14/h5-7,12-14,19H,8-11H2,1-4H3,(H,20,21). The number of hydrogen-bond donors (Lipinski definition) is 2. The van der Waals surface area contributed by atoms with Crippen LogP contribution in [-0.4, -0.2) is 18.5 Å². The number of amides is 1. The third-order valence-corrected chi connectivity index (χ3v) is 3.97. The van der Waals surface area contributed by atoms with Gasteiger partial charge < -0.3 is 10.6 Å². The molecule has 0 aliphatic heterocycles. The Bertz CT molecular complexity index is 464. The van der Waals surface area contributed by atoms with E-state index in [1.165, 1.54) is 16.8 Å². The molecule has 0 spiro atoms. The first-order chi connectivity index (χ1) is 9.99. The van der Waals surface area contributed by atoms with E-state index in [0.717, 1.165) is 12.8 Å². The second-order valence-electron chi connectivity index (χ2n) is 6.64. The third kappa shape index (κ3) is 4.48. The Morgan fingerprint density at radius 1 is 1.14 bits per heavy atom. The van der Waals surface area contributed by atoms with E-state index in [2.05, 4.69) is 56.5 Å². The van der Waals surface area contributed by atoms with Crippen molar-refractivity contribution in [1.29, 1.82) is 0 Å². The lowest BCUT2D eigenvalue weighted by atomic mass is 9.92. The van der Waals surface area contributed by atoms with Crippen molar-refractivity contribution < 1.29 is 4.79 Å². The van der Waals surface area contributed by atoms with Gasteiger partial charge in [-0.25, -0.2) is 0 Å². The predicted octanol–water partition coefficient (Wildman–Crippen LogP) is 4.01. The molecule has 1 amide bonds. The molecule has 1 aromatic rings. The molecular weight excluding hydrogens is 260 g/mol. The summed E-state index contributed by atoms with van der Waals surface area (Å²) >= 11 is 0. The molecule has 1 aliphatic carbocycles. The van der Waals surface area contributed by atoms with E-state index in [0.29, 0.717) is 30.8 Å². The number of anilines is 1. The Balaban J connectivity index is 2.00. The van der Waals surface area contributed by atoms with Crippen LogP contribution in [-0.2, 0) is 4.79 Å². The van der Waals surface area contributed by atoms with Gasteiger partial charge >= 0.3 is 0 Å². The van der Waals surface area contributed by atoms with E-state index < -0.39 is 0 Å². The number of carbonyl (C=O) groups is 1. The first-order valence-electron chi connectivity index (χ1n) is 8.15. The van der Waals surface area contributed by atoms with Gasteiger partial charge in [0, 0.05) is 24.7 Å². The Morgan fingerprint density at radius 2 is 1.71 bits per heavy atom. The molecule has 0 heterocycles. The summed E-state index contributed by atoms with van der Waals surface area (Å²) < 4.78 is 0. The lowest BCUT2D eigenvalue weighted by molar-refractivity contribution is -0.120. The summed E-state index contributed by atoms with van der Waals surface area (Å²) in [5, 5.41) is 6.54. The molecule has 1 fully saturated rings. The number of rotatable bonds is 7. The summed E-state index contributed by atoms with van der Waals surface area (Å²) in [5.41, 5.74) is 3.90. The maximum absolute atomic E-state index is 11.8. The fourth-order valence-electron chi connectivity index (χ4n) is 2.58. The molecule has 21 heavy (non-hydrogen) atoms. The zero-order valence-electron chi connectivity index (χ0n) is 13.7. The monoisotopic (exact) mass is 288 g/mol. The summed E-state index contributed by atoms with van der Waals surface area (Å²) in [6.45, 7) is 9.55. The number of hydrogen-bond acceptors (Lipinski definition) is 2. The van der Waals surface area contributed by atoms with Crippen molar-refractivity contribution in [2.75, 3.05) is 11.9 Å². The van der Waals surface area contributed by atoms with E-state index >= 15 is 0 Å². The average molecular weight is 288 g/mol. The highest BCUT2D eigenvalue weighted by atomic mass is 16.1. The van der Waals surface area contributed by atoms with Crippen molar-refractivity contribution >= 4 is 11.6 Å². The van der Waals surface area contributed by atoms with Crippen LogP contribution in [0.1, 0.15) is 69.9 Å². The minimum absolute atomic E-state index is 0.165. The zero-order valence-corrected chi connectivity index (χ0v) is 13.7. The largest absolute Gasteiger partial charge is 0.384 e. The van der Waals surface area contributed by atoms with Crippen molar-refractivity contribution in [2.24, 2.45) is 0 Å². The molecule has 0 atom stereocenters. The Kier molecular flexibility index (Phi) is 5.27. The van der Waals surface area contributed by atoms with Crippen molar-refractivity contribution in [3.05, 3.63) is 29.3 Å². The Hall–Kier alpha value is -1.51. The highest BCUT2D eigenvalue weighted by Gasteiger charge is 2.22. The molecule has 1 aliphatic rings. The molecule has 1 aromatic carbocycles. The lowest BCUT2D eigenvalue weighted by Crippen LogP contribution is -2.27. The van der Waals surface area contributed by atoms with Crippen LogP contribution >= 0.6 is 0 Å². The van der Waals surface area contributed by atoms with Gasteiger partial charge in [-0.1, -0.05) is 45.9 Å². The van der Waals surface area contributed by atoms with Crippen LogP contribution in [0.4, 0.5) is 5.69 Å². The molecule has 2 N–H and O–H groups in total. The maximum Gasteiger partial charge on any atom is 0.221 e. The fourth-order valence-corrected chi connectivity index (χ4v) is 2.58. The zero-order chi connectivity index (χ0) is 15.4. The highest BCUT2D eigenvalue weighted by molar-refractivity contribution is 5.77. The number of para-hydroxylation sites is 1. The molecule has 0 radical (unpaired) electrons. The topological polar surface area (TPSA) is 41.1 Å². The third-order valence-electron chi connectivity index (χ3n) is 3.97. The van der Waals surface area contributed by atoms with Crippen LogP contribution < -0.4 is 10.6 Å². The van der Waals surface area contributed by atoms with Gasteiger partial charge in [-0.05, 0) is 35.8 Å². The fraction of sp³-hybridized carbons (Fsp3) is 0.611. The average Bonchev–Trinajstić information content (AvgIpc) is 3.22. The molecule has 1 saturated carbocycles. The van der Waals surface area contributed by atoms with Crippen LogP contribution in [0, 0.1) is 0 Å². The van der Waals surface area contributed by atoms with Gasteiger partial charge in [0.25, 0.3) is 0 Å². The van der Waals surface area contributed by atoms with Gasteiger partial charge in [-0.15, -0.1) is 0 Å². The molecule has 3 nitrogen and oxygen atoms in total. The molecule has 2 rings (SSSR count). The van der Waals surface area contributed by atoms with Crippen molar-refractivity contribution in [3.63, 3.8) is 0 Å². The molecule has 3 heteroatoms. The number of nitrogens with one attached hydrogen (secondary N) is 2. The summed E-state index contributed by atoms with van der Waals surface area (Å²) in [6, 6.07) is 6.95. The SMILES string of the molecule is CC(C)c1cccc(C(C)C)c1NCCC(=O)NC1CC1. The first-order valence-corrected chi connectivity index (χ1v) is 8.15.